The highest BCUT2D eigenvalue weighted by atomic mass is 16.5. The lowest BCUT2D eigenvalue weighted by molar-refractivity contribution is -0.127. The van der Waals surface area contributed by atoms with Crippen LogP contribution in [-0.2, 0) is 4.79 Å². The Kier molecular flexibility index (Phi) is 5.67. The molecule has 1 N–H and O–H groups in total. The molecule has 0 bridgehead atoms. The fourth-order valence-electron chi connectivity index (χ4n) is 2.34. The fourth-order valence-corrected chi connectivity index (χ4v) is 2.34. The van der Waals surface area contributed by atoms with E-state index >= 15 is 0 Å². The lowest BCUT2D eigenvalue weighted by atomic mass is 10.00. The van der Waals surface area contributed by atoms with Crippen LogP contribution in [0.3, 0.4) is 0 Å². The molecule has 1 atom stereocenters. The van der Waals surface area contributed by atoms with Gasteiger partial charge in [-0.2, -0.15) is 0 Å². The monoisotopic (exact) mass is 289 g/mol. The highest BCUT2D eigenvalue weighted by Gasteiger charge is 2.15. The Morgan fingerprint density at radius 2 is 2.14 bits per heavy atom. The molecule has 4 nitrogen and oxygen atoms in total. The SMILES string of the molecule is COc1cccc(O[C@@H](C)C(=O)NCC2=CCCCC2)c1. The first-order chi connectivity index (χ1) is 10.2. The zero-order chi connectivity index (χ0) is 15.1. The molecule has 1 aromatic carbocycles. The van der Waals surface area contributed by atoms with Crippen LogP contribution in [0, 0.1) is 0 Å². The van der Waals surface area contributed by atoms with Crippen LogP contribution in [0.1, 0.15) is 32.6 Å². The molecule has 1 aliphatic carbocycles. The molecule has 21 heavy (non-hydrogen) atoms. The molecule has 0 saturated carbocycles. The Morgan fingerprint density at radius 3 is 2.86 bits per heavy atom. The first-order valence-corrected chi connectivity index (χ1v) is 7.45. The Bertz CT molecular complexity index is 511. The second kappa shape index (κ2) is 7.72. The average molecular weight is 289 g/mol. The van der Waals surface area contributed by atoms with Crippen LogP contribution in [0.15, 0.2) is 35.9 Å². The summed E-state index contributed by atoms with van der Waals surface area (Å²) in [5.41, 5.74) is 1.32. The molecule has 1 aliphatic rings. The third kappa shape index (κ3) is 4.81. The summed E-state index contributed by atoms with van der Waals surface area (Å²) in [4.78, 5) is 12.0. The maximum absolute atomic E-state index is 12.0. The summed E-state index contributed by atoms with van der Waals surface area (Å²) < 4.78 is 10.8. The van der Waals surface area contributed by atoms with Crippen molar-refractivity contribution < 1.29 is 14.3 Å². The number of allylic oxidation sites excluding steroid dienone is 1. The van der Waals surface area contributed by atoms with Crippen molar-refractivity contribution in [3.8, 4) is 11.5 Å². The molecule has 4 heteroatoms. The highest BCUT2D eigenvalue weighted by Crippen LogP contribution is 2.20. The van der Waals surface area contributed by atoms with Crippen molar-refractivity contribution in [1.29, 1.82) is 0 Å². The molecular formula is C17H23NO3. The van der Waals surface area contributed by atoms with E-state index in [1.54, 1.807) is 20.1 Å². The molecule has 0 heterocycles. The first kappa shape index (κ1) is 15.4. The summed E-state index contributed by atoms with van der Waals surface area (Å²) in [5, 5.41) is 2.94. The molecule has 0 fully saturated rings. The number of hydrogen-bond acceptors (Lipinski definition) is 3. The van der Waals surface area contributed by atoms with Gasteiger partial charge in [0.1, 0.15) is 11.5 Å². The highest BCUT2D eigenvalue weighted by molar-refractivity contribution is 5.80. The van der Waals surface area contributed by atoms with Crippen LogP contribution in [0.2, 0.25) is 0 Å². The van der Waals surface area contributed by atoms with Crippen molar-refractivity contribution in [2.75, 3.05) is 13.7 Å². The van der Waals surface area contributed by atoms with E-state index < -0.39 is 6.10 Å². The number of rotatable bonds is 6. The predicted molar refractivity (Wildman–Crippen MR) is 82.6 cm³/mol. The average Bonchev–Trinajstić information content (AvgIpc) is 2.53. The minimum Gasteiger partial charge on any atom is -0.497 e. The zero-order valence-electron chi connectivity index (χ0n) is 12.7. The van der Waals surface area contributed by atoms with Crippen molar-refractivity contribution in [1.82, 2.24) is 5.32 Å². The molecule has 0 aliphatic heterocycles. The van der Waals surface area contributed by atoms with E-state index in [1.165, 1.54) is 18.4 Å². The molecule has 0 unspecified atom stereocenters. The maximum Gasteiger partial charge on any atom is 0.261 e. The zero-order valence-corrected chi connectivity index (χ0v) is 12.7. The Labute approximate surface area is 126 Å². The Balaban J connectivity index is 1.82. The van der Waals surface area contributed by atoms with E-state index in [4.69, 9.17) is 9.47 Å². The summed E-state index contributed by atoms with van der Waals surface area (Å²) in [7, 11) is 1.60. The van der Waals surface area contributed by atoms with E-state index in [2.05, 4.69) is 11.4 Å². The molecule has 0 saturated heterocycles. The van der Waals surface area contributed by atoms with E-state index in [1.807, 2.05) is 18.2 Å². The van der Waals surface area contributed by atoms with Gasteiger partial charge in [-0.15, -0.1) is 0 Å². The molecule has 0 spiro atoms. The van der Waals surface area contributed by atoms with Gasteiger partial charge in [-0.1, -0.05) is 17.7 Å². The van der Waals surface area contributed by atoms with E-state index in [0.717, 1.165) is 12.8 Å². The number of carbonyl (C=O) groups excluding carboxylic acids is 1. The standard InChI is InChI=1S/C17H23NO3/c1-13(21-16-10-6-9-15(11-16)20-2)17(19)18-12-14-7-4-3-5-8-14/h6-7,9-11,13H,3-5,8,12H2,1-2H3,(H,18,19)/t13-/m0/s1. The molecule has 1 amide bonds. The number of hydrogen-bond donors (Lipinski definition) is 1. The van der Waals surface area contributed by atoms with Gasteiger partial charge in [0.25, 0.3) is 5.91 Å². The summed E-state index contributed by atoms with van der Waals surface area (Å²) in [6.45, 7) is 2.38. The minimum absolute atomic E-state index is 0.0932. The molecular weight excluding hydrogens is 266 g/mol. The number of methoxy groups -OCH3 is 1. The fraction of sp³-hybridized carbons (Fsp3) is 0.471. The van der Waals surface area contributed by atoms with Crippen LogP contribution >= 0.6 is 0 Å². The van der Waals surface area contributed by atoms with Crippen molar-refractivity contribution in [3.63, 3.8) is 0 Å². The number of ether oxygens (including phenoxy) is 2. The normalized spacial score (nSPS) is 15.8. The maximum atomic E-state index is 12.0. The van der Waals surface area contributed by atoms with Gasteiger partial charge in [-0.25, -0.2) is 0 Å². The molecule has 2 rings (SSSR count). The minimum atomic E-state index is -0.527. The van der Waals surface area contributed by atoms with Crippen molar-refractivity contribution in [2.24, 2.45) is 0 Å². The van der Waals surface area contributed by atoms with Crippen LogP contribution in [-0.4, -0.2) is 25.7 Å². The molecule has 0 aromatic heterocycles. The molecule has 114 valence electrons. The van der Waals surface area contributed by atoms with Crippen LogP contribution in [0.25, 0.3) is 0 Å². The largest absolute Gasteiger partial charge is 0.497 e. The van der Waals surface area contributed by atoms with E-state index in [0.29, 0.717) is 18.0 Å². The van der Waals surface area contributed by atoms with Crippen molar-refractivity contribution in [3.05, 3.63) is 35.9 Å². The van der Waals surface area contributed by atoms with Gasteiger partial charge in [0, 0.05) is 12.6 Å². The van der Waals surface area contributed by atoms with Crippen molar-refractivity contribution >= 4 is 5.91 Å². The first-order valence-electron chi connectivity index (χ1n) is 7.45. The van der Waals surface area contributed by atoms with Gasteiger partial charge < -0.3 is 14.8 Å². The quantitative estimate of drug-likeness (QED) is 0.819. The second-order valence-electron chi connectivity index (χ2n) is 5.27. The third-order valence-corrected chi connectivity index (χ3v) is 3.60. The van der Waals surface area contributed by atoms with Gasteiger partial charge in [-0.3, -0.25) is 4.79 Å². The summed E-state index contributed by atoms with van der Waals surface area (Å²) in [6.07, 6.45) is 6.40. The van der Waals surface area contributed by atoms with Crippen molar-refractivity contribution in [2.45, 2.75) is 38.7 Å². The van der Waals surface area contributed by atoms with Gasteiger partial charge in [0.05, 0.1) is 7.11 Å². The summed E-state index contributed by atoms with van der Waals surface area (Å²) >= 11 is 0. The van der Waals surface area contributed by atoms with Gasteiger partial charge >= 0.3 is 0 Å². The summed E-state index contributed by atoms with van der Waals surface area (Å²) in [6, 6.07) is 7.27. The van der Waals surface area contributed by atoms with Gasteiger partial charge in [0.15, 0.2) is 6.10 Å². The molecule has 1 aromatic rings. The van der Waals surface area contributed by atoms with Crippen LogP contribution in [0.5, 0.6) is 11.5 Å². The number of nitrogens with one attached hydrogen (secondary N) is 1. The van der Waals surface area contributed by atoms with Gasteiger partial charge in [0.2, 0.25) is 0 Å². The predicted octanol–water partition coefficient (Wildman–Crippen LogP) is 3.08. The second-order valence-corrected chi connectivity index (χ2v) is 5.27. The van der Waals surface area contributed by atoms with E-state index in [9.17, 15) is 4.79 Å². The van der Waals surface area contributed by atoms with E-state index in [-0.39, 0.29) is 5.91 Å². The lowest BCUT2D eigenvalue weighted by Gasteiger charge is -2.17. The number of amides is 1. The van der Waals surface area contributed by atoms with Crippen LogP contribution in [0.4, 0.5) is 0 Å². The van der Waals surface area contributed by atoms with Crippen LogP contribution < -0.4 is 14.8 Å². The third-order valence-electron chi connectivity index (χ3n) is 3.60. The summed E-state index contributed by atoms with van der Waals surface area (Å²) in [5.74, 6) is 1.26. The number of benzene rings is 1. The smallest absolute Gasteiger partial charge is 0.261 e. The van der Waals surface area contributed by atoms with Gasteiger partial charge in [-0.05, 0) is 44.7 Å². The number of carbonyl (C=O) groups is 1. The Hall–Kier alpha value is -1.97. The Morgan fingerprint density at radius 1 is 1.33 bits per heavy atom. The topological polar surface area (TPSA) is 47.6 Å². The lowest BCUT2D eigenvalue weighted by Crippen LogP contribution is -2.37. The molecule has 0 radical (unpaired) electrons.